The van der Waals surface area contributed by atoms with Gasteiger partial charge >= 0.3 is 0 Å². The second-order valence-electron chi connectivity index (χ2n) is 4.06. The first-order valence-electron chi connectivity index (χ1n) is 5.50. The highest BCUT2D eigenvalue weighted by Gasteiger charge is 2.19. The van der Waals surface area contributed by atoms with Gasteiger partial charge < -0.3 is 9.84 Å². The molecule has 5 nitrogen and oxygen atoms in total. The molecule has 0 radical (unpaired) electrons. The standard InChI is InChI=1S/C11H17N3O2/c1-9-4-13-10(5-12-9)6-14-2-3-16-11(7-14)8-15/h4-5,11,15H,2-3,6-8H2,1H3. The molecular formula is C11H17N3O2. The molecule has 1 unspecified atom stereocenters. The first kappa shape index (κ1) is 11.4. The first-order valence-corrected chi connectivity index (χ1v) is 5.50. The van der Waals surface area contributed by atoms with Crippen LogP contribution in [-0.4, -0.2) is 52.4 Å². The third-order valence-electron chi connectivity index (χ3n) is 2.65. The summed E-state index contributed by atoms with van der Waals surface area (Å²) in [5.41, 5.74) is 1.89. The minimum absolute atomic E-state index is 0.0628. The molecule has 0 aromatic carbocycles. The van der Waals surface area contributed by atoms with E-state index in [0.717, 1.165) is 31.0 Å². The molecule has 1 N–H and O–H groups in total. The second kappa shape index (κ2) is 5.34. The van der Waals surface area contributed by atoms with Gasteiger partial charge in [-0.3, -0.25) is 14.9 Å². The number of hydrogen-bond acceptors (Lipinski definition) is 5. The van der Waals surface area contributed by atoms with E-state index in [9.17, 15) is 0 Å². The Morgan fingerprint density at radius 3 is 3.06 bits per heavy atom. The van der Waals surface area contributed by atoms with Crippen molar-refractivity contribution in [2.24, 2.45) is 0 Å². The molecule has 0 bridgehead atoms. The number of rotatable bonds is 3. The Hall–Kier alpha value is -1.04. The van der Waals surface area contributed by atoms with E-state index >= 15 is 0 Å². The fourth-order valence-electron chi connectivity index (χ4n) is 1.76. The summed E-state index contributed by atoms with van der Waals surface area (Å²) in [6, 6.07) is 0. The molecule has 0 saturated carbocycles. The summed E-state index contributed by atoms with van der Waals surface area (Å²) < 4.78 is 5.39. The molecule has 5 heteroatoms. The van der Waals surface area contributed by atoms with E-state index in [2.05, 4.69) is 14.9 Å². The monoisotopic (exact) mass is 223 g/mol. The summed E-state index contributed by atoms with van der Waals surface area (Å²) in [5.74, 6) is 0. The van der Waals surface area contributed by atoms with E-state index in [0.29, 0.717) is 6.61 Å². The lowest BCUT2D eigenvalue weighted by molar-refractivity contribution is -0.0554. The van der Waals surface area contributed by atoms with Gasteiger partial charge in [-0.25, -0.2) is 0 Å². The summed E-state index contributed by atoms with van der Waals surface area (Å²) in [7, 11) is 0. The lowest BCUT2D eigenvalue weighted by atomic mass is 10.2. The zero-order valence-electron chi connectivity index (χ0n) is 9.46. The van der Waals surface area contributed by atoms with Crippen molar-refractivity contribution in [3.8, 4) is 0 Å². The van der Waals surface area contributed by atoms with Gasteiger partial charge in [0.1, 0.15) is 0 Å². The zero-order valence-corrected chi connectivity index (χ0v) is 9.46. The van der Waals surface area contributed by atoms with Crippen molar-refractivity contribution in [1.82, 2.24) is 14.9 Å². The van der Waals surface area contributed by atoms with E-state index in [4.69, 9.17) is 9.84 Å². The van der Waals surface area contributed by atoms with Gasteiger partial charge in [-0.05, 0) is 6.92 Å². The summed E-state index contributed by atoms with van der Waals surface area (Å²) in [6.45, 7) is 5.08. The molecule has 1 fully saturated rings. The first-order chi connectivity index (χ1) is 7.78. The molecule has 1 aliphatic heterocycles. The Balaban J connectivity index is 1.91. The maximum absolute atomic E-state index is 9.03. The largest absolute Gasteiger partial charge is 0.394 e. The highest BCUT2D eigenvalue weighted by atomic mass is 16.5. The van der Waals surface area contributed by atoms with Crippen LogP contribution in [0, 0.1) is 6.92 Å². The van der Waals surface area contributed by atoms with Crippen LogP contribution in [0.5, 0.6) is 0 Å². The number of hydrogen-bond donors (Lipinski definition) is 1. The Labute approximate surface area is 95.1 Å². The Morgan fingerprint density at radius 1 is 1.50 bits per heavy atom. The Bertz CT molecular complexity index is 329. The second-order valence-corrected chi connectivity index (χ2v) is 4.06. The molecule has 1 aromatic rings. The molecule has 0 aliphatic carbocycles. The van der Waals surface area contributed by atoms with Crippen molar-refractivity contribution in [3.05, 3.63) is 23.8 Å². The maximum atomic E-state index is 9.03. The van der Waals surface area contributed by atoms with Crippen LogP contribution in [0.15, 0.2) is 12.4 Å². The number of aryl methyl sites for hydroxylation is 1. The predicted octanol–water partition coefficient (Wildman–Crippen LogP) is -0.0219. The van der Waals surface area contributed by atoms with Crippen molar-refractivity contribution in [2.75, 3.05) is 26.3 Å². The van der Waals surface area contributed by atoms with Gasteiger partial charge in [-0.15, -0.1) is 0 Å². The van der Waals surface area contributed by atoms with Crippen LogP contribution in [0.3, 0.4) is 0 Å². The van der Waals surface area contributed by atoms with E-state index in [1.54, 1.807) is 12.4 Å². The van der Waals surface area contributed by atoms with Crippen molar-refractivity contribution in [1.29, 1.82) is 0 Å². The summed E-state index contributed by atoms with van der Waals surface area (Å²) in [6.07, 6.45) is 3.52. The molecular weight excluding hydrogens is 206 g/mol. The van der Waals surface area contributed by atoms with Gasteiger partial charge in [-0.2, -0.15) is 0 Å². The van der Waals surface area contributed by atoms with Crippen molar-refractivity contribution >= 4 is 0 Å². The lowest BCUT2D eigenvalue weighted by Gasteiger charge is -2.31. The smallest absolute Gasteiger partial charge is 0.0933 e. The van der Waals surface area contributed by atoms with Gasteiger partial charge in [0.2, 0.25) is 0 Å². The van der Waals surface area contributed by atoms with Gasteiger partial charge in [0, 0.05) is 32.0 Å². The van der Waals surface area contributed by atoms with Crippen LogP contribution >= 0.6 is 0 Å². The highest BCUT2D eigenvalue weighted by Crippen LogP contribution is 2.08. The summed E-state index contributed by atoms with van der Waals surface area (Å²) >= 11 is 0. The minimum atomic E-state index is -0.0628. The zero-order chi connectivity index (χ0) is 11.4. The number of morpholine rings is 1. The number of aliphatic hydroxyl groups excluding tert-OH is 1. The average molecular weight is 223 g/mol. The molecule has 1 aromatic heterocycles. The average Bonchev–Trinajstić information content (AvgIpc) is 2.32. The molecule has 0 spiro atoms. The summed E-state index contributed by atoms with van der Waals surface area (Å²) in [4.78, 5) is 10.8. The van der Waals surface area contributed by atoms with E-state index < -0.39 is 0 Å². The van der Waals surface area contributed by atoms with Crippen molar-refractivity contribution < 1.29 is 9.84 Å². The lowest BCUT2D eigenvalue weighted by Crippen LogP contribution is -2.43. The van der Waals surface area contributed by atoms with E-state index in [-0.39, 0.29) is 12.7 Å². The Morgan fingerprint density at radius 2 is 2.38 bits per heavy atom. The van der Waals surface area contributed by atoms with Crippen molar-refractivity contribution in [3.63, 3.8) is 0 Å². The number of aromatic nitrogens is 2. The van der Waals surface area contributed by atoms with Crippen LogP contribution in [0.2, 0.25) is 0 Å². The number of nitrogens with zero attached hydrogens (tertiary/aromatic N) is 3. The molecule has 88 valence electrons. The molecule has 1 atom stereocenters. The van der Waals surface area contributed by atoms with Gasteiger partial charge in [0.25, 0.3) is 0 Å². The van der Waals surface area contributed by atoms with Gasteiger partial charge in [0.15, 0.2) is 0 Å². The quantitative estimate of drug-likeness (QED) is 0.780. The van der Waals surface area contributed by atoms with Crippen molar-refractivity contribution in [2.45, 2.75) is 19.6 Å². The fourth-order valence-corrected chi connectivity index (χ4v) is 1.76. The topological polar surface area (TPSA) is 58.5 Å². The Kier molecular flexibility index (Phi) is 3.82. The molecule has 1 aliphatic rings. The molecule has 2 heterocycles. The third kappa shape index (κ3) is 2.98. The highest BCUT2D eigenvalue weighted by molar-refractivity contribution is 5.00. The SMILES string of the molecule is Cc1cnc(CN2CCOC(CO)C2)cn1. The van der Waals surface area contributed by atoms with E-state index in [1.165, 1.54) is 0 Å². The number of ether oxygens (including phenoxy) is 1. The van der Waals surface area contributed by atoms with Crippen LogP contribution in [-0.2, 0) is 11.3 Å². The minimum Gasteiger partial charge on any atom is -0.394 e. The van der Waals surface area contributed by atoms with Crippen LogP contribution < -0.4 is 0 Å². The van der Waals surface area contributed by atoms with E-state index in [1.807, 2.05) is 6.92 Å². The fraction of sp³-hybridized carbons (Fsp3) is 0.636. The van der Waals surface area contributed by atoms with Crippen LogP contribution in [0.4, 0.5) is 0 Å². The third-order valence-corrected chi connectivity index (χ3v) is 2.65. The molecule has 2 rings (SSSR count). The molecule has 16 heavy (non-hydrogen) atoms. The van der Waals surface area contributed by atoms with Gasteiger partial charge in [0.05, 0.1) is 30.7 Å². The normalized spacial score (nSPS) is 22.2. The van der Waals surface area contributed by atoms with Crippen LogP contribution in [0.1, 0.15) is 11.4 Å². The molecule has 0 amide bonds. The molecule has 1 saturated heterocycles. The summed E-state index contributed by atoms with van der Waals surface area (Å²) in [5, 5.41) is 9.03. The van der Waals surface area contributed by atoms with Gasteiger partial charge in [-0.1, -0.05) is 0 Å². The predicted molar refractivity (Wildman–Crippen MR) is 58.9 cm³/mol. The number of aliphatic hydroxyl groups is 1. The van der Waals surface area contributed by atoms with Crippen LogP contribution in [0.25, 0.3) is 0 Å². The maximum Gasteiger partial charge on any atom is 0.0933 e.